The van der Waals surface area contributed by atoms with Gasteiger partial charge in [0.2, 0.25) is 0 Å². The van der Waals surface area contributed by atoms with Crippen molar-refractivity contribution in [3.05, 3.63) is 24.8 Å². The largest absolute Gasteiger partial charge is 0.0883 e. The van der Waals surface area contributed by atoms with Crippen molar-refractivity contribution >= 4 is 0 Å². The molecule has 20 heavy (non-hydrogen) atoms. The van der Waals surface area contributed by atoms with Crippen LogP contribution in [0.1, 0.15) is 97.3 Å². The molecular formula is C20H37. The van der Waals surface area contributed by atoms with E-state index < -0.39 is 0 Å². The molecule has 0 saturated carbocycles. The Morgan fingerprint density at radius 3 is 2.10 bits per heavy atom. The summed E-state index contributed by atoms with van der Waals surface area (Å²) < 4.78 is 0. The second kappa shape index (κ2) is 16.5. The van der Waals surface area contributed by atoms with Crippen LogP contribution in [0.25, 0.3) is 0 Å². The minimum atomic E-state index is 0.787. The molecule has 0 nitrogen and oxygen atoms in total. The third-order valence-corrected chi connectivity index (χ3v) is 4.01. The molecule has 0 amide bonds. The molecule has 0 fully saturated rings. The predicted octanol–water partition coefficient (Wildman–Crippen LogP) is 7.26. The van der Waals surface area contributed by atoms with E-state index in [-0.39, 0.29) is 0 Å². The Labute approximate surface area is 128 Å². The molecule has 1 atom stereocenters. The molecule has 0 aromatic carbocycles. The highest BCUT2D eigenvalue weighted by atomic mass is 14.1. The van der Waals surface area contributed by atoms with Crippen LogP contribution in [0, 0.1) is 12.5 Å². The van der Waals surface area contributed by atoms with E-state index in [0.717, 1.165) is 12.3 Å². The van der Waals surface area contributed by atoms with Crippen molar-refractivity contribution in [2.75, 3.05) is 0 Å². The van der Waals surface area contributed by atoms with Gasteiger partial charge in [-0.05, 0) is 44.4 Å². The lowest BCUT2D eigenvalue weighted by Gasteiger charge is -2.11. The molecule has 0 N–H and O–H groups in total. The maximum atomic E-state index is 5.46. The predicted molar refractivity (Wildman–Crippen MR) is 92.9 cm³/mol. The van der Waals surface area contributed by atoms with Crippen molar-refractivity contribution in [1.29, 1.82) is 0 Å². The van der Waals surface area contributed by atoms with Crippen LogP contribution in [-0.2, 0) is 0 Å². The van der Waals surface area contributed by atoms with E-state index in [1.165, 1.54) is 77.0 Å². The third-order valence-electron chi connectivity index (χ3n) is 4.01. The maximum absolute atomic E-state index is 5.46. The second-order valence-corrected chi connectivity index (χ2v) is 6.05. The molecule has 0 aliphatic rings. The molecule has 1 radical (unpaired) electrons. The molecule has 0 rings (SSSR count). The first-order valence-corrected chi connectivity index (χ1v) is 9.05. The molecule has 0 saturated heterocycles. The van der Waals surface area contributed by atoms with Gasteiger partial charge in [-0.25, -0.2) is 0 Å². The molecule has 0 heterocycles. The van der Waals surface area contributed by atoms with Crippen LogP contribution in [0.5, 0.6) is 0 Å². The first-order valence-electron chi connectivity index (χ1n) is 9.05. The molecule has 0 bridgehead atoms. The third kappa shape index (κ3) is 13.9. The zero-order chi connectivity index (χ0) is 14.9. The summed E-state index contributed by atoms with van der Waals surface area (Å²) in [5, 5.41) is 0. The van der Waals surface area contributed by atoms with Gasteiger partial charge in [0, 0.05) is 0 Å². The van der Waals surface area contributed by atoms with Crippen LogP contribution < -0.4 is 0 Å². The Bertz CT molecular complexity index is 214. The Hall–Kier alpha value is -0.520. The Morgan fingerprint density at radius 1 is 0.750 bits per heavy atom. The van der Waals surface area contributed by atoms with E-state index in [0.29, 0.717) is 0 Å². The van der Waals surface area contributed by atoms with Crippen LogP contribution in [0.4, 0.5) is 0 Å². The van der Waals surface area contributed by atoms with E-state index in [1.54, 1.807) is 6.08 Å². The molecule has 0 heteroatoms. The van der Waals surface area contributed by atoms with Crippen molar-refractivity contribution < 1.29 is 0 Å². The Morgan fingerprint density at radius 2 is 1.40 bits per heavy atom. The lowest BCUT2D eigenvalue weighted by Crippen LogP contribution is -1.96. The summed E-state index contributed by atoms with van der Waals surface area (Å²) in [5.74, 6) is 0.787. The molecule has 0 aromatic heterocycles. The van der Waals surface area contributed by atoms with Gasteiger partial charge in [-0.2, -0.15) is 0 Å². The van der Waals surface area contributed by atoms with Gasteiger partial charge in [0.05, 0.1) is 0 Å². The zero-order valence-corrected chi connectivity index (χ0v) is 14.1. The van der Waals surface area contributed by atoms with Gasteiger partial charge in [0.15, 0.2) is 0 Å². The standard InChI is InChI=1S/C20H37/c1-4-7-10-11-12-13-14-16-19-20(17-9-6-3)18-15-8-5-2/h2,5,16,19-20H,4,6-15,17-18H2,1,3H3. The van der Waals surface area contributed by atoms with Crippen molar-refractivity contribution in [3.8, 4) is 0 Å². The average molecular weight is 278 g/mol. The molecule has 0 aliphatic heterocycles. The number of hydrogen-bond acceptors (Lipinski definition) is 0. The lowest BCUT2D eigenvalue weighted by molar-refractivity contribution is 0.501. The molecule has 1 unspecified atom stereocenters. The van der Waals surface area contributed by atoms with Crippen LogP contribution in [0.3, 0.4) is 0 Å². The van der Waals surface area contributed by atoms with Gasteiger partial charge in [-0.1, -0.05) is 83.6 Å². The SMILES string of the molecule is [CH]=CCCCC(C=CCCCCCCCC)CCCC. The quantitative estimate of drug-likeness (QED) is 0.218. The van der Waals surface area contributed by atoms with E-state index in [9.17, 15) is 0 Å². The summed E-state index contributed by atoms with van der Waals surface area (Å²) in [6.07, 6.45) is 24.0. The summed E-state index contributed by atoms with van der Waals surface area (Å²) in [6, 6.07) is 0. The van der Waals surface area contributed by atoms with Crippen LogP contribution in [0.2, 0.25) is 0 Å². The highest BCUT2D eigenvalue weighted by Crippen LogP contribution is 2.18. The van der Waals surface area contributed by atoms with Crippen molar-refractivity contribution in [2.24, 2.45) is 5.92 Å². The van der Waals surface area contributed by atoms with E-state index in [1.807, 2.05) is 0 Å². The van der Waals surface area contributed by atoms with Crippen molar-refractivity contribution in [1.82, 2.24) is 0 Å². The van der Waals surface area contributed by atoms with Gasteiger partial charge < -0.3 is 0 Å². The molecule has 0 spiro atoms. The maximum Gasteiger partial charge on any atom is -0.0233 e. The fourth-order valence-electron chi connectivity index (χ4n) is 2.63. The highest BCUT2D eigenvalue weighted by Gasteiger charge is 2.03. The normalized spacial score (nSPS) is 12.9. The van der Waals surface area contributed by atoms with Gasteiger partial charge in [-0.3, -0.25) is 0 Å². The Kier molecular flexibility index (Phi) is 16.1. The average Bonchev–Trinajstić information content (AvgIpc) is 2.47. The molecular weight excluding hydrogens is 240 g/mol. The first-order chi connectivity index (χ1) is 9.85. The summed E-state index contributed by atoms with van der Waals surface area (Å²) in [7, 11) is 0. The summed E-state index contributed by atoms with van der Waals surface area (Å²) >= 11 is 0. The van der Waals surface area contributed by atoms with Gasteiger partial charge in [0.1, 0.15) is 0 Å². The van der Waals surface area contributed by atoms with Gasteiger partial charge in [-0.15, -0.1) is 0 Å². The fraction of sp³-hybridized carbons (Fsp3) is 0.800. The van der Waals surface area contributed by atoms with Gasteiger partial charge >= 0.3 is 0 Å². The molecule has 0 aromatic rings. The molecule has 117 valence electrons. The topological polar surface area (TPSA) is 0 Å². The minimum absolute atomic E-state index is 0.787. The van der Waals surface area contributed by atoms with Crippen LogP contribution >= 0.6 is 0 Å². The monoisotopic (exact) mass is 277 g/mol. The number of unbranched alkanes of at least 4 members (excludes halogenated alkanes) is 8. The smallest absolute Gasteiger partial charge is 0.0233 e. The Balaban J connectivity index is 3.67. The number of hydrogen-bond donors (Lipinski definition) is 0. The minimum Gasteiger partial charge on any atom is -0.0883 e. The van der Waals surface area contributed by atoms with Crippen molar-refractivity contribution in [3.63, 3.8) is 0 Å². The van der Waals surface area contributed by atoms with Crippen LogP contribution in [-0.4, -0.2) is 0 Å². The molecule has 0 aliphatic carbocycles. The summed E-state index contributed by atoms with van der Waals surface area (Å²) in [6.45, 7) is 10.0. The first kappa shape index (κ1) is 19.5. The number of allylic oxidation sites excluding steroid dienone is 3. The van der Waals surface area contributed by atoms with E-state index >= 15 is 0 Å². The highest BCUT2D eigenvalue weighted by molar-refractivity contribution is 4.88. The van der Waals surface area contributed by atoms with Crippen LogP contribution in [0.15, 0.2) is 18.2 Å². The summed E-state index contributed by atoms with van der Waals surface area (Å²) in [4.78, 5) is 0. The van der Waals surface area contributed by atoms with Gasteiger partial charge in [0.25, 0.3) is 0 Å². The van der Waals surface area contributed by atoms with E-state index in [4.69, 9.17) is 6.58 Å². The lowest BCUT2D eigenvalue weighted by atomic mass is 9.95. The zero-order valence-electron chi connectivity index (χ0n) is 14.1. The van der Waals surface area contributed by atoms with Crippen molar-refractivity contribution in [2.45, 2.75) is 97.3 Å². The van der Waals surface area contributed by atoms with E-state index in [2.05, 4.69) is 26.0 Å². The number of rotatable bonds is 15. The second-order valence-electron chi connectivity index (χ2n) is 6.05. The summed E-state index contributed by atoms with van der Waals surface area (Å²) in [5.41, 5.74) is 0. The fourth-order valence-corrected chi connectivity index (χ4v) is 2.63.